The molecule has 0 atom stereocenters. The van der Waals surface area contributed by atoms with Crippen LogP contribution in [0.4, 0.5) is 0 Å². The first kappa shape index (κ1) is 16.1. The molecule has 3 aromatic rings. The standard InChI is InChI=1S/C20H18O4S/c1-25-24-16-8-9-17-19(10-16)23-12-18(20(17)21)14-4-6-15(7-5-14)22-11-13-2-3-13/h4-10,12-13H,2-3,11H2,1H3. The first-order valence-corrected chi connectivity index (χ1v) is 9.39. The second kappa shape index (κ2) is 6.84. The predicted molar refractivity (Wildman–Crippen MR) is 100 cm³/mol. The first-order chi connectivity index (χ1) is 12.2. The summed E-state index contributed by atoms with van der Waals surface area (Å²) in [6.45, 7) is 0.776. The lowest BCUT2D eigenvalue weighted by molar-refractivity contribution is 0.300. The molecule has 0 radical (unpaired) electrons. The molecule has 4 nitrogen and oxygen atoms in total. The van der Waals surface area contributed by atoms with Crippen molar-refractivity contribution in [2.45, 2.75) is 12.8 Å². The van der Waals surface area contributed by atoms with Crippen molar-refractivity contribution in [3.63, 3.8) is 0 Å². The van der Waals surface area contributed by atoms with Crippen LogP contribution in [0.5, 0.6) is 11.5 Å². The van der Waals surface area contributed by atoms with E-state index in [4.69, 9.17) is 13.3 Å². The summed E-state index contributed by atoms with van der Waals surface area (Å²) in [5, 5.41) is 0.542. The minimum Gasteiger partial charge on any atom is -0.493 e. The van der Waals surface area contributed by atoms with E-state index in [-0.39, 0.29) is 5.43 Å². The average molecular weight is 354 g/mol. The van der Waals surface area contributed by atoms with Gasteiger partial charge in [0.15, 0.2) is 5.43 Å². The van der Waals surface area contributed by atoms with E-state index in [1.165, 1.54) is 31.1 Å². The lowest BCUT2D eigenvalue weighted by atomic mass is 10.1. The van der Waals surface area contributed by atoms with Crippen LogP contribution in [-0.4, -0.2) is 12.9 Å². The van der Waals surface area contributed by atoms with Gasteiger partial charge in [-0.15, -0.1) is 0 Å². The molecule has 1 heterocycles. The number of ether oxygens (including phenoxy) is 1. The molecule has 128 valence electrons. The molecule has 4 rings (SSSR count). The summed E-state index contributed by atoms with van der Waals surface area (Å²) in [4.78, 5) is 12.8. The van der Waals surface area contributed by atoms with Crippen LogP contribution in [0.3, 0.4) is 0 Å². The summed E-state index contributed by atoms with van der Waals surface area (Å²) >= 11 is 1.25. The van der Waals surface area contributed by atoms with Crippen LogP contribution in [0.1, 0.15) is 12.8 Å². The topological polar surface area (TPSA) is 48.7 Å². The molecule has 0 amide bonds. The number of fused-ring (bicyclic) bond motifs is 1. The van der Waals surface area contributed by atoms with Crippen LogP contribution in [0.25, 0.3) is 22.1 Å². The Kier molecular flexibility index (Phi) is 4.40. The van der Waals surface area contributed by atoms with E-state index in [1.54, 1.807) is 18.2 Å². The zero-order chi connectivity index (χ0) is 17.2. The number of rotatable bonds is 6. The predicted octanol–water partition coefficient (Wildman–Crippen LogP) is 4.91. The molecular formula is C20H18O4S. The number of hydrogen-bond donors (Lipinski definition) is 0. The fraction of sp³-hybridized carbons (Fsp3) is 0.250. The molecule has 1 fully saturated rings. The highest BCUT2D eigenvalue weighted by molar-refractivity contribution is 7.94. The highest BCUT2D eigenvalue weighted by atomic mass is 32.2. The maximum absolute atomic E-state index is 12.8. The second-order valence-electron chi connectivity index (χ2n) is 6.17. The van der Waals surface area contributed by atoms with Gasteiger partial charge in [0.2, 0.25) is 0 Å². The van der Waals surface area contributed by atoms with Crippen molar-refractivity contribution < 1.29 is 13.3 Å². The van der Waals surface area contributed by atoms with Gasteiger partial charge in [-0.3, -0.25) is 4.79 Å². The van der Waals surface area contributed by atoms with Gasteiger partial charge in [-0.1, -0.05) is 12.1 Å². The van der Waals surface area contributed by atoms with Crippen molar-refractivity contribution >= 4 is 23.0 Å². The Labute approximate surface area is 150 Å². The molecule has 0 saturated heterocycles. The monoisotopic (exact) mass is 354 g/mol. The lowest BCUT2D eigenvalue weighted by Gasteiger charge is -2.07. The van der Waals surface area contributed by atoms with E-state index in [0.29, 0.717) is 28.2 Å². The van der Waals surface area contributed by atoms with E-state index >= 15 is 0 Å². The fourth-order valence-electron chi connectivity index (χ4n) is 2.69. The van der Waals surface area contributed by atoms with Gasteiger partial charge in [0.05, 0.1) is 29.6 Å². The van der Waals surface area contributed by atoms with Gasteiger partial charge in [-0.05, 0) is 48.6 Å². The maximum Gasteiger partial charge on any atom is 0.200 e. The maximum atomic E-state index is 12.8. The van der Waals surface area contributed by atoms with Gasteiger partial charge in [-0.25, -0.2) is 0 Å². The molecule has 0 unspecified atom stereocenters. The molecule has 1 saturated carbocycles. The summed E-state index contributed by atoms with van der Waals surface area (Å²) in [5.41, 5.74) is 1.83. The van der Waals surface area contributed by atoms with Crippen LogP contribution >= 0.6 is 12.0 Å². The van der Waals surface area contributed by atoms with E-state index in [2.05, 4.69) is 0 Å². The zero-order valence-electron chi connectivity index (χ0n) is 13.9. The van der Waals surface area contributed by atoms with Crippen molar-refractivity contribution in [3.8, 4) is 22.6 Å². The summed E-state index contributed by atoms with van der Waals surface area (Å²) in [6, 6.07) is 12.8. The van der Waals surface area contributed by atoms with Gasteiger partial charge in [0.25, 0.3) is 0 Å². The summed E-state index contributed by atoms with van der Waals surface area (Å²) in [7, 11) is 0. The molecule has 25 heavy (non-hydrogen) atoms. The molecule has 5 heteroatoms. The van der Waals surface area contributed by atoms with Crippen LogP contribution in [0.15, 0.2) is 57.9 Å². The van der Waals surface area contributed by atoms with Crippen molar-refractivity contribution in [1.29, 1.82) is 0 Å². The summed E-state index contributed by atoms with van der Waals surface area (Å²) < 4.78 is 16.8. The van der Waals surface area contributed by atoms with Crippen molar-refractivity contribution in [1.82, 2.24) is 0 Å². The van der Waals surface area contributed by atoms with Gasteiger partial charge < -0.3 is 13.3 Å². The molecule has 0 aliphatic heterocycles. The van der Waals surface area contributed by atoms with Crippen LogP contribution in [-0.2, 0) is 0 Å². The molecule has 1 aromatic heterocycles. The number of hydrogen-bond acceptors (Lipinski definition) is 5. The highest BCUT2D eigenvalue weighted by Crippen LogP contribution is 2.30. The second-order valence-corrected chi connectivity index (χ2v) is 6.67. The molecule has 2 aromatic carbocycles. The van der Waals surface area contributed by atoms with Crippen LogP contribution in [0, 0.1) is 5.92 Å². The lowest BCUT2D eigenvalue weighted by Crippen LogP contribution is -2.05. The van der Waals surface area contributed by atoms with E-state index in [9.17, 15) is 4.79 Å². The molecule has 0 spiro atoms. The Balaban J connectivity index is 1.62. The highest BCUT2D eigenvalue weighted by Gasteiger charge is 2.21. The average Bonchev–Trinajstić information content (AvgIpc) is 3.46. The first-order valence-electron chi connectivity index (χ1n) is 8.24. The van der Waals surface area contributed by atoms with Gasteiger partial charge in [-0.2, -0.15) is 0 Å². The third-order valence-electron chi connectivity index (χ3n) is 4.27. The van der Waals surface area contributed by atoms with Gasteiger partial charge in [0.1, 0.15) is 23.3 Å². The molecule has 0 bridgehead atoms. The normalized spacial score (nSPS) is 13.8. The van der Waals surface area contributed by atoms with E-state index < -0.39 is 0 Å². The Hall–Kier alpha value is -2.40. The third-order valence-corrected chi connectivity index (χ3v) is 4.63. The third kappa shape index (κ3) is 3.51. The minimum absolute atomic E-state index is 0.0522. The minimum atomic E-state index is -0.0522. The van der Waals surface area contributed by atoms with Crippen molar-refractivity contribution in [2.75, 3.05) is 12.9 Å². The van der Waals surface area contributed by atoms with Crippen molar-refractivity contribution in [2.24, 2.45) is 5.92 Å². The van der Waals surface area contributed by atoms with Crippen LogP contribution in [0.2, 0.25) is 0 Å². The van der Waals surface area contributed by atoms with Crippen molar-refractivity contribution in [3.05, 3.63) is 59.0 Å². The SMILES string of the molecule is CSOc1ccc2c(=O)c(-c3ccc(OCC4CC4)cc3)coc2c1. The quantitative estimate of drug-likeness (QED) is 0.589. The molecule has 1 aliphatic rings. The van der Waals surface area contributed by atoms with Crippen LogP contribution < -0.4 is 14.3 Å². The Morgan fingerprint density at radius 1 is 1.12 bits per heavy atom. The largest absolute Gasteiger partial charge is 0.493 e. The molecule has 0 N–H and O–H groups in total. The van der Waals surface area contributed by atoms with Gasteiger partial charge >= 0.3 is 0 Å². The zero-order valence-corrected chi connectivity index (χ0v) is 14.7. The molecular weight excluding hydrogens is 336 g/mol. The number of benzene rings is 2. The Bertz CT molecular complexity index is 942. The summed E-state index contributed by atoms with van der Waals surface area (Å²) in [5.74, 6) is 2.21. The van der Waals surface area contributed by atoms with Gasteiger partial charge in [0, 0.05) is 12.3 Å². The Morgan fingerprint density at radius 3 is 2.60 bits per heavy atom. The van der Waals surface area contributed by atoms with E-state index in [0.717, 1.165) is 17.9 Å². The molecule has 1 aliphatic carbocycles. The summed E-state index contributed by atoms with van der Waals surface area (Å²) in [6.07, 6.45) is 5.87. The smallest absolute Gasteiger partial charge is 0.200 e. The Morgan fingerprint density at radius 2 is 1.88 bits per heavy atom. The fourth-order valence-corrected chi connectivity index (χ4v) is 2.98. The van der Waals surface area contributed by atoms with E-state index in [1.807, 2.05) is 30.5 Å².